The topological polar surface area (TPSA) is 9.23 Å². The Balaban J connectivity index is 2.48. The van der Waals surface area contributed by atoms with Gasteiger partial charge in [-0.25, -0.2) is 0 Å². The van der Waals surface area contributed by atoms with Crippen molar-refractivity contribution < 1.29 is 4.74 Å². The molecule has 2 aliphatic rings. The van der Waals surface area contributed by atoms with Gasteiger partial charge in [0.15, 0.2) is 0 Å². The van der Waals surface area contributed by atoms with E-state index in [1.165, 1.54) is 40.8 Å². The van der Waals surface area contributed by atoms with E-state index in [1.807, 2.05) is 7.11 Å². The quantitative estimate of drug-likeness (QED) is 0.560. The first-order valence-electron chi connectivity index (χ1n) is 4.78. The highest BCUT2D eigenvalue weighted by Gasteiger charge is 2.53. The third kappa shape index (κ3) is 0.791. The molecule has 1 nitrogen and oxygen atoms in total. The van der Waals surface area contributed by atoms with Crippen molar-refractivity contribution in [3.63, 3.8) is 0 Å². The second-order valence-electron chi connectivity index (χ2n) is 4.96. The molecule has 68 valence electrons. The molecule has 0 spiro atoms. The SMILES string of the molecule is COC1=C(C)C2(C)CCC1([SiH3])C2. The number of fused-ring (bicyclic) bond motifs is 2. The maximum Gasteiger partial charge on any atom is 0.0974 e. The van der Waals surface area contributed by atoms with E-state index in [0.717, 1.165) is 0 Å². The molecule has 2 aliphatic carbocycles. The second kappa shape index (κ2) is 2.16. The Morgan fingerprint density at radius 3 is 2.42 bits per heavy atom. The van der Waals surface area contributed by atoms with Crippen LogP contribution in [-0.2, 0) is 4.74 Å². The van der Waals surface area contributed by atoms with Crippen LogP contribution in [-0.4, -0.2) is 17.4 Å². The molecule has 0 aromatic heterocycles. The molecule has 2 bridgehead atoms. The average molecular weight is 182 g/mol. The van der Waals surface area contributed by atoms with E-state index in [-0.39, 0.29) is 0 Å². The summed E-state index contributed by atoms with van der Waals surface area (Å²) in [5, 5.41) is 0.508. The summed E-state index contributed by atoms with van der Waals surface area (Å²) < 4.78 is 5.54. The zero-order chi connectivity index (χ0) is 8.98. The van der Waals surface area contributed by atoms with Gasteiger partial charge in [-0.2, -0.15) is 0 Å². The van der Waals surface area contributed by atoms with Crippen LogP contribution in [0.2, 0.25) is 5.04 Å². The van der Waals surface area contributed by atoms with Gasteiger partial charge in [-0.1, -0.05) is 6.92 Å². The fourth-order valence-corrected chi connectivity index (χ4v) is 4.84. The first-order chi connectivity index (χ1) is 5.52. The number of hydrogen-bond acceptors (Lipinski definition) is 1. The molecule has 12 heavy (non-hydrogen) atoms. The van der Waals surface area contributed by atoms with E-state index in [2.05, 4.69) is 13.8 Å². The minimum Gasteiger partial charge on any atom is -0.501 e. The molecule has 0 aromatic rings. The number of rotatable bonds is 1. The lowest BCUT2D eigenvalue weighted by molar-refractivity contribution is 0.247. The summed E-state index contributed by atoms with van der Waals surface area (Å²) in [7, 11) is 3.09. The molecule has 0 aliphatic heterocycles. The fourth-order valence-electron chi connectivity index (χ4n) is 3.23. The zero-order valence-corrected chi connectivity index (χ0v) is 10.5. The van der Waals surface area contributed by atoms with Crippen LogP contribution >= 0.6 is 0 Å². The van der Waals surface area contributed by atoms with Gasteiger partial charge in [-0.15, -0.1) is 0 Å². The minimum atomic E-state index is 0.493. The molecule has 1 fully saturated rings. The predicted molar refractivity (Wildman–Crippen MR) is 54.3 cm³/mol. The Bertz CT molecular complexity index is 259. The summed E-state index contributed by atoms with van der Waals surface area (Å²) in [5.74, 6) is 1.34. The predicted octanol–water partition coefficient (Wildman–Crippen LogP) is 1.63. The molecular formula is C10H18OSi. The van der Waals surface area contributed by atoms with Gasteiger partial charge >= 0.3 is 0 Å². The van der Waals surface area contributed by atoms with Gasteiger partial charge in [0.2, 0.25) is 0 Å². The summed E-state index contributed by atoms with van der Waals surface area (Å²) in [6, 6.07) is 0. The lowest BCUT2D eigenvalue weighted by Crippen LogP contribution is -2.14. The van der Waals surface area contributed by atoms with Crippen molar-refractivity contribution in [2.75, 3.05) is 7.11 Å². The lowest BCUT2D eigenvalue weighted by atomic mass is 9.83. The second-order valence-corrected chi connectivity index (χ2v) is 6.87. The van der Waals surface area contributed by atoms with Crippen molar-refractivity contribution in [3.8, 4) is 0 Å². The molecular weight excluding hydrogens is 164 g/mol. The van der Waals surface area contributed by atoms with E-state index in [4.69, 9.17) is 4.74 Å². The third-order valence-corrected chi connectivity index (χ3v) is 5.31. The van der Waals surface area contributed by atoms with Crippen LogP contribution in [0.4, 0.5) is 0 Å². The van der Waals surface area contributed by atoms with Crippen molar-refractivity contribution in [3.05, 3.63) is 11.3 Å². The Morgan fingerprint density at radius 1 is 1.42 bits per heavy atom. The summed E-state index contributed by atoms with van der Waals surface area (Å²) >= 11 is 0. The zero-order valence-electron chi connectivity index (χ0n) is 8.53. The average Bonchev–Trinajstić information content (AvgIpc) is 2.38. The highest BCUT2D eigenvalue weighted by molar-refractivity contribution is 6.18. The molecule has 0 amide bonds. The molecule has 1 saturated carbocycles. The van der Waals surface area contributed by atoms with E-state index in [9.17, 15) is 0 Å². The van der Waals surface area contributed by atoms with E-state index < -0.39 is 0 Å². The smallest absolute Gasteiger partial charge is 0.0974 e. The van der Waals surface area contributed by atoms with Crippen molar-refractivity contribution >= 4 is 10.2 Å². The van der Waals surface area contributed by atoms with Gasteiger partial charge in [0, 0.05) is 15.3 Å². The summed E-state index contributed by atoms with van der Waals surface area (Å²) in [6.07, 6.45) is 4.12. The first kappa shape index (κ1) is 8.36. The Morgan fingerprint density at radius 2 is 2.08 bits per heavy atom. The summed E-state index contributed by atoms with van der Waals surface area (Å²) in [4.78, 5) is 0. The Kier molecular flexibility index (Phi) is 1.51. The van der Waals surface area contributed by atoms with Crippen LogP contribution in [0.1, 0.15) is 33.1 Å². The first-order valence-corrected chi connectivity index (χ1v) is 5.78. The molecule has 0 radical (unpaired) electrons. The van der Waals surface area contributed by atoms with Crippen molar-refractivity contribution in [2.45, 2.75) is 38.1 Å². The van der Waals surface area contributed by atoms with E-state index in [1.54, 1.807) is 0 Å². The largest absolute Gasteiger partial charge is 0.501 e. The van der Waals surface area contributed by atoms with Crippen molar-refractivity contribution in [1.82, 2.24) is 0 Å². The minimum absolute atomic E-state index is 0.493. The van der Waals surface area contributed by atoms with Crippen molar-refractivity contribution in [2.24, 2.45) is 5.41 Å². The normalized spacial score (nSPS) is 45.9. The highest BCUT2D eigenvalue weighted by atomic mass is 28.1. The molecule has 2 unspecified atom stereocenters. The van der Waals surface area contributed by atoms with Crippen molar-refractivity contribution in [1.29, 1.82) is 0 Å². The standard InChI is InChI=1S/C10H18OSi/c1-7-8(11-3)10(12)5-4-9(7,2)6-10/h4-6H2,1-3,12H3. The van der Waals surface area contributed by atoms with Gasteiger partial charge in [0.05, 0.1) is 12.9 Å². The van der Waals surface area contributed by atoms with Crippen LogP contribution in [0.15, 0.2) is 11.3 Å². The fraction of sp³-hybridized carbons (Fsp3) is 0.800. The molecule has 2 heteroatoms. The van der Waals surface area contributed by atoms with Crippen LogP contribution < -0.4 is 0 Å². The van der Waals surface area contributed by atoms with Crippen LogP contribution in [0.5, 0.6) is 0 Å². The number of allylic oxidation sites excluding steroid dienone is 2. The Labute approximate surface area is 77.6 Å². The van der Waals surface area contributed by atoms with E-state index >= 15 is 0 Å². The molecule has 2 atom stereocenters. The van der Waals surface area contributed by atoms with Crippen LogP contribution in [0.3, 0.4) is 0 Å². The highest BCUT2D eigenvalue weighted by Crippen LogP contribution is 2.66. The maximum absolute atomic E-state index is 5.54. The summed E-state index contributed by atoms with van der Waals surface area (Å²) in [5.41, 5.74) is 2.03. The van der Waals surface area contributed by atoms with Gasteiger partial charge in [-0.05, 0) is 37.2 Å². The number of ether oxygens (including phenoxy) is 1. The van der Waals surface area contributed by atoms with Gasteiger partial charge in [-0.3, -0.25) is 0 Å². The van der Waals surface area contributed by atoms with Crippen LogP contribution in [0.25, 0.3) is 0 Å². The molecule has 0 aromatic carbocycles. The van der Waals surface area contributed by atoms with Gasteiger partial charge < -0.3 is 4.74 Å². The number of hydrogen-bond donors (Lipinski definition) is 0. The molecule has 0 heterocycles. The monoisotopic (exact) mass is 182 g/mol. The van der Waals surface area contributed by atoms with Gasteiger partial charge in [0.1, 0.15) is 0 Å². The molecule has 0 N–H and O–H groups in total. The van der Waals surface area contributed by atoms with Gasteiger partial charge in [0.25, 0.3) is 0 Å². The molecule has 2 rings (SSSR count). The summed E-state index contributed by atoms with van der Waals surface area (Å²) in [6.45, 7) is 4.66. The third-order valence-electron chi connectivity index (χ3n) is 4.01. The Hall–Kier alpha value is -0.243. The van der Waals surface area contributed by atoms with E-state index in [0.29, 0.717) is 10.5 Å². The lowest BCUT2D eigenvalue weighted by Gasteiger charge is -2.27. The molecule has 0 saturated heterocycles. The number of methoxy groups -OCH3 is 1. The van der Waals surface area contributed by atoms with Crippen LogP contribution in [0, 0.1) is 5.41 Å². The maximum atomic E-state index is 5.54.